The molecule has 6 heteroatoms. The third-order valence-corrected chi connectivity index (χ3v) is 2.89. The number of hydrogen-bond donors (Lipinski definition) is 3. The van der Waals surface area contributed by atoms with Crippen molar-refractivity contribution in [1.82, 2.24) is 5.32 Å². The van der Waals surface area contributed by atoms with Crippen LogP contribution in [0.5, 0.6) is 0 Å². The van der Waals surface area contributed by atoms with Crippen molar-refractivity contribution in [1.29, 1.82) is 0 Å². The van der Waals surface area contributed by atoms with Gasteiger partial charge in [-0.25, -0.2) is 4.79 Å². The highest BCUT2D eigenvalue weighted by atomic mass is 79.9. The SMILES string of the molecule is O=C(NCc1ccc(CO)cc1)Nc1ccc(Br)o1. The number of nitrogens with one attached hydrogen (secondary N) is 2. The molecular formula is C13H13BrN2O3. The van der Waals surface area contributed by atoms with Crippen LogP contribution >= 0.6 is 15.9 Å². The number of aliphatic hydroxyl groups excluding tert-OH is 1. The van der Waals surface area contributed by atoms with E-state index in [1.165, 1.54) is 0 Å². The monoisotopic (exact) mass is 324 g/mol. The van der Waals surface area contributed by atoms with Crippen LogP contribution in [0.1, 0.15) is 11.1 Å². The number of hydrogen-bond acceptors (Lipinski definition) is 3. The number of carbonyl (C=O) groups excluding carboxylic acids is 1. The van der Waals surface area contributed by atoms with Gasteiger partial charge in [-0.15, -0.1) is 0 Å². The summed E-state index contributed by atoms with van der Waals surface area (Å²) in [6.45, 7) is 0.418. The Morgan fingerprint density at radius 3 is 2.42 bits per heavy atom. The van der Waals surface area contributed by atoms with Crippen molar-refractivity contribution >= 4 is 27.8 Å². The minimum atomic E-state index is -0.340. The molecule has 1 aromatic carbocycles. The van der Waals surface area contributed by atoms with E-state index in [-0.39, 0.29) is 12.6 Å². The largest absolute Gasteiger partial charge is 0.434 e. The smallest absolute Gasteiger partial charge is 0.321 e. The molecule has 100 valence electrons. The molecule has 3 N–H and O–H groups in total. The van der Waals surface area contributed by atoms with Gasteiger partial charge in [0.05, 0.1) is 6.61 Å². The van der Waals surface area contributed by atoms with E-state index in [0.717, 1.165) is 11.1 Å². The maximum atomic E-state index is 11.6. The zero-order valence-corrected chi connectivity index (χ0v) is 11.6. The Morgan fingerprint density at radius 2 is 1.84 bits per heavy atom. The molecule has 0 unspecified atom stereocenters. The summed E-state index contributed by atoms with van der Waals surface area (Å²) >= 11 is 3.15. The van der Waals surface area contributed by atoms with Crippen molar-refractivity contribution in [2.45, 2.75) is 13.2 Å². The van der Waals surface area contributed by atoms with Gasteiger partial charge in [-0.3, -0.25) is 5.32 Å². The average Bonchev–Trinajstić information content (AvgIpc) is 2.82. The van der Waals surface area contributed by atoms with Gasteiger partial charge in [0.1, 0.15) is 0 Å². The second-order valence-electron chi connectivity index (χ2n) is 3.89. The molecule has 2 amide bonds. The number of halogens is 1. The summed E-state index contributed by atoms with van der Waals surface area (Å²) < 4.78 is 5.71. The van der Waals surface area contributed by atoms with Gasteiger partial charge in [-0.05, 0) is 33.1 Å². The first-order chi connectivity index (χ1) is 9.17. The molecule has 0 spiro atoms. The fraction of sp³-hybridized carbons (Fsp3) is 0.154. The molecule has 2 rings (SSSR count). The lowest BCUT2D eigenvalue weighted by Crippen LogP contribution is -2.27. The number of carbonyl (C=O) groups is 1. The predicted molar refractivity (Wildman–Crippen MR) is 74.6 cm³/mol. The van der Waals surface area contributed by atoms with Crippen molar-refractivity contribution < 1.29 is 14.3 Å². The van der Waals surface area contributed by atoms with Crippen molar-refractivity contribution in [3.05, 3.63) is 52.2 Å². The third-order valence-electron chi connectivity index (χ3n) is 2.47. The first kappa shape index (κ1) is 13.6. The van der Waals surface area contributed by atoms with E-state index in [1.807, 2.05) is 24.3 Å². The Labute approximate surface area is 118 Å². The second-order valence-corrected chi connectivity index (χ2v) is 4.67. The van der Waals surface area contributed by atoms with Gasteiger partial charge >= 0.3 is 6.03 Å². The van der Waals surface area contributed by atoms with E-state index in [1.54, 1.807) is 12.1 Å². The molecule has 0 aliphatic heterocycles. The normalized spacial score (nSPS) is 10.2. The summed E-state index contributed by atoms with van der Waals surface area (Å²) in [5.74, 6) is 0.375. The zero-order valence-electron chi connectivity index (χ0n) is 10.0. The summed E-state index contributed by atoms with van der Waals surface area (Å²) in [5.41, 5.74) is 1.79. The lowest BCUT2D eigenvalue weighted by Gasteiger charge is -2.06. The molecule has 1 heterocycles. The summed E-state index contributed by atoms with van der Waals surface area (Å²) in [5, 5.41) is 14.2. The van der Waals surface area contributed by atoms with Gasteiger partial charge in [0, 0.05) is 12.6 Å². The standard InChI is InChI=1S/C13H13BrN2O3/c14-11-5-6-12(19-11)16-13(18)15-7-9-1-3-10(8-17)4-2-9/h1-6,17H,7-8H2,(H2,15,16,18). The number of aliphatic hydroxyl groups is 1. The highest BCUT2D eigenvalue weighted by Crippen LogP contribution is 2.17. The van der Waals surface area contributed by atoms with Gasteiger partial charge in [0.15, 0.2) is 4.67 Å². The van der Waals surface area contributed by atoms with Crippen LogP contribution in [-0.4, -0.2) is 11.1 Å². The zero-order chi connectivity index (χ0) is 13.7. The summed E-state index contributed by atoms with van der Waals surface area (Å²) in [6.07, 6.45) is 0. The van der Waals surface area contributed by atoms with Gasteiger partial charge < -0.3 is 14.8 Å². The Kier molecular flexibility index (Phi) is 4.59. The van der Waals surface area contributed by atoms with E-state index in [9.17, 15) is 4.79 Å². The van der Waals surface area contributed by atoms with Crippen LogP contribution in [0.25, 0.3) is 0 Å². The fourth-order valence-corrected chi connectivity index (χ4v) is 1.79. The highest BCUT2D eigenvalue weighted by Gasteiger charge is 2.04. The lowest BCUT2D eigenvalue weighted by atomic mass is 10.1. The Balaban J connectivity index is 1.82. The fourth-order valence-electron chi connectivity index (χ4n) is 1.48. The maximum Gasteiger partial charge on any atom is 0.321 e. The number of furan rings is 1. The number of anilines is 1. The van der Waals surface area contributed by atoms with E-state index in [4.69, 9.17) is 9.52 Å². The quantitative estimate of drug-likeness (QED) is 0.809. The van der Waals surface area contributed by atoms with Crippen LogP contribution in [0, 0.1) is 0 Å². The molecule has 0 saturated heterocycles. The minimum Gasteiger partial charge on any atom is -0.434 e. The van der Waals surface area contributed by atoms with E-state index < -0.39 is 0 Å². The molecule has 5 nitrogen and oxygen atoms in total. The molecule has 0 atom stereocenters. The molecule has 0 aliphatic rings. The van der Waals surface area contributed by atoms with Gasteiger partial charge in [-0.1, -0.05) is 24.3 Å². The van der Waals surface area contributed by atoms with E-state index in [0.29, 0.717) is 17.1 Å². The first-order valence-electron chi connectivity index (χ1n) is 5.66. The van der Waals surface area contributed by atoms with Crippen LogP contribution in [0.15, 0.2) is 45.5 Å². The average molecular weight is 325 g/mol. The Hall–Kier alpha value is -1.79. The van der Waals surface area contributed by atoms with E-state index in [2.05, 4.69) is 26.6 Å². The molecule has 0 fully saturated rings. The second kappa shape index (κ2) is 6.40. The third kappa shape index (κ3) is 4.11. The molecule has 19 heavy (non-hydrogen) atoms. The summed E-state index contributed by atoms with van der Waals surface area (Å²) in [6, 6.07) is 10.4. The molecule has 0 aliphatic carbocycles. The van der Waals surface area contributed by atoms with Gasteiger partial charge in [0.2, 0.25) is 5.88 Å². The number of benzene rings is 1. The van der Waals surface area contributed by atoms with Crippen molar-refractivity contribution in [2.75, 3.05) is 5.32 Å². The topological polar surface area (TPSA) is 74.5 Å². The van der Waals surface area contributed by atoms with Gasteiger partial charge in [-0.2, -0.15) is 0 Å². The molecule has 0 bridgehead atoms. The predicted octanol–water partition coefficient (Wildman–Crippen LogP) is 2.86. The van der Waals surface area contributed by atoms with Crippen LogP contribution in [-0.2, 0) is 13.2 Å². The van der Waals surface area contributed by atoms with Crippen LogP contribution in [0.3, 0.4) is 0 Å². The molecule has 0 saturated carbocycles. The minimum absolute atomic E-state index is 0.0154. The van der Waals surface area contributed by atoms with Crippen LogP contribution in [0.2, 0.25) is 0 Å². The van der Waals surface area contributed by atoms with Crippen LogP contribution < -0.4 is 10.6 Å². The Bertz CT molecular complexity index is 551. The number of amides is 2. The van der Waals surface area contributed by atoms with Crippen molar-refractivity contribution in [3.8, 4) is 0 Å². The molecular weight excluding hydrogens is 312 g/mol. The number of rotatable bonds is 4. The maximum absolute atomic E-state index is 11.6. The first-order valence-corrected chi connectivity index (χ1v) is 6.45. The highest BCUT2D eigenvalue weighted by molar-refractivity contribution is 9.10. The Morgan fingerprint density at radius 1 is 1.16 bits per heavy atom. The number of urea groups is 1. The van der Waals surface area contributed by atoms with Crippen molar-refractivity contribution in [3.63, 3.8) is 0 Å². The van der Waals surface area contributed by atoms with Crippen LogP contribution in [0.4, 0.5) is 10.7 Å². The summed E-state index contributed by atoms with van der Waals surface area (Å²) in [4.78, 5) is 11.6. The van der Waals surface area contributed by atoms with Crippen molar-refractivity contribution in [2.24, 2.45) is 0 Å². The van der Waals surface area contributed by atoms with Gasteiger partial charge in [0.25, 0.3) is 0 Å². The molecule has 0 radical (unpaired) electrons. The lowest BCUT2D eigenvalue weighted by molar-refractivity contribution is 0.251. The van der Waals surface area contributed by atoms with E-state index >= 15 is 0 Å². The summed E-state index contributed by atoms with van der Waals surface area (Å²) in [7, 11) is 0. The molecule has 2 aromatic rings. The molecule has 1 aromatic heterocycles.